The first-order chi connectivity index (χ1) is 7.02. The van der Waals surface area contributed by atoms with E-state index in [1.807, 2.05) is 0 Å². The SMILES string of the molecule is NC(CCCN1C(=O)CCC1=O)C(=O)O. The first kappa shape index (κ1) is 11.6. The number of hydrogen-bond donors (Lipinski definition) is 2. The second kappa shape index (κ2) is 4.88. The van der Waals surface area contributed by atoms with Crippen molar-refractivity contribution in [1.29, 1.82) is 0 Å². The Hall–Kier alpha value is -1.43. The van der Waals surface area contributed by atoms with Gasteiger partial charge >= 0.3 is 5.97 Å². The summed E-state index contributed by atoms with van der Waals surface area (Å²) in [6, 6.07) is -0.919. The number of nitrogens with two attached hydrogens (primary N) is 1. The monoisotopic (exact) mass is 214 g/mol. The molecule has 0 saturated carbocycles. The maximum atomic E-state index is 11.2. The number of rotatable bonds is 5. The zero-order chi connectivity index (χ0) is 11.4. The van der Waals surface area contributed by atoms with Crippen LogP contribution in [-0.4, -0.2) is 40.4 Å². The lowest BCUT2D eigenvalue weighted by molar-refractivity contribution is -0.138. The number of hydrogen-bond acceptors (Lipinski definition) is 4. The van der Waals surface area contributed by atoms with Gasteiger partial charge in [-0.15, -0.1) is 0 Å². The summed E-state index contributed by atoms with van der Waals surface area (Å²) in [6.07, 6.45) is 1.24. The highest BCUT2D eigenvalue weighted by Crippen LogP contribution is 2.12. The molecule has 1 atom stereocenters. The number of nitrogens with zero attached hydrogens (tertiary/aromatic N) is 1. The van der Waals surface area contributed by atoms with Crippen molar-refractivity contribution in [2.24, 2.45) is 5.73 Å². The number of carboxylic acids is 1. The summed E-state index contributed by atoms with van der Waals surface area (Å²) >= 11 is 0. The van der Waals surface area contributed by atoms with Gasteiger partial charge in [-0.1, -0.05) is 0 Å². The van der Waals surface area contributed by atoms with Crippen molar-refractivity contribution >= 4 is 17.8 Å². The number of carboxylic acid groups (broad SMARTS) is 1. The highest BCUT2D eigenvalue weighted by Gasteiger charge is 2.28. The van der Waals surface area contributed by atoms with Gasteiger partial charge in [0, 0.05) is 19.4 Å². The maximum absolute atomic E-state index is 11.2. The van der Waals surface area contributed by atoms with Crippen LogP contribution in [-0.2, 0) is 14.4 Å². The van der Waals surface area contributed by atoms with Crippen LogP contribution >= 0.6 is 0 Å². The summed E-state index contributed by atoms with van der Waals surface area (Å²) in [7, 11) is 0. The van der Waals surface area contributed by atoms with Gasteiger partial charge in [0.2, 0.25) is 11.8 Å². The minimum Gasteiger partial charge on any atom is -0.480 e. The molecule has 0 aromatic rings. The van der Waals surface area contributed by atoms with Crippen molar-refractivity contribution in [2.75, 3.05) is 6.54 Å². The first-order valence-corrected chi connectivity index (χ1v) is 4.84. The second-order valence-corrected chi connectivity index (χ2v) is 3.53. The summed E-state index contributed by atoms with van der Waals surface area (Å²) < 4.78 is 0. The average molecular weight is 214 g/mol. The Bertz CT molecular complexity index is 274. The van der Waals surface area contributed by atoms with Crippen molar-refractivity contribution in [3.63, 3.8) is 0 Å². The Morgan fingerprint density at radius 2 is 1.93 bits per heavy atom. The highest BCUT2D eigenvalue weighted by molar-refractivity contribution is 6.01. The van der Waals surface area contributed by atoms with Crippen LogP contribution in [0.5, 0.6) is 0 Å². The van der Waals surface area contributed by atoms with Crippen LogP contribution in [0.15, 0.2) is 0 Å². The molecule has 1 heterocycles. The molecule has 6 nitrogen and oxygen atoms in total. The molecule has 1 aliphatic rings. The van der Waals surface area contributed by atoms with Crippen LogP contribution in [0.25, 0.3) is 0 Å². The van der Waals surface area contributed by atoms with Crippen LogP contribution in [0, 0.1) is 0 Å². The third kappa shape index (κ3) is 3.02. The van der Waals surface area contributed by atoms with E-state index in [4.69, 9.17) is 10.8 Å². The van der Waals surface area contributed by atoms with Crippen molar-refractivity contribution < 1.29 is 19.5 Å². The quantitative estimate of drug-likeness (QED) is 0.591. The van der Waals surface area contributed by atoms with Gasteiger partial charge in [-0.2, -0.15) is 0 Å². The van der Waals surface area contributed by atoms with E-state index in [2.05, 4.69) is 0 Å². The molecule has 1 fully saturated rings. The van der Waals surface area contributed by atoms with E-state index < -0.39 is 12.0 Å². The minimum absolute atomic E-state index is 0.177. The number of aliphatic carboxylic acids is 1. The summed E-state index contributed by atoms with van der Waals surface area (Å²) in [5.41, 5.74) is 5.28. The smallest absolute Gasteiger partial charge is 0.320 e. The van der Waals surface area contributed by atoms with Crippen molar-refractivity contribution in [3.05, 3.63) is 0 Å². The molecule has 0 bridgehead atoms. The molecule has 3 N–H and O–H groups in total. The van der Waals surface area contributed by atoms with E-state index in [9.17, 15) is 14.4 Å². The topological polar surface area (TPSA) is 101 Å². The number of amides is 2. The number of carbonyl (C=O) groups is 3. The minimum atomic E-state index is -1.06. The average Bonchev–Trinajstić information content (AvgIpc) is 2.48. The number of imide groups is 1. The molecule has 6 heteroatoms. The van der Waals surface area contributed by atoms with Crippen LogP contribution < -0.4 is 5.73 Å². The molecule has 0 aromatic heterocycles. The Kier molecular flexibility index (Phi) is 3.79. The zero-order valence-electron chi connectivity index (χ0n) is 8.31. The lowest BCUT2D eigenvalue weighted by Crippen LogP contribution is -2.33. The van der Waals surface area contributed by atoms with Crippen LogP contribution in [0.4, 0.5) is 0 Å². The van der Waals surface area contributed by atoms with E-state index in [1.54, 1.807) is 0 Å². The summed E-state index contributed by atoms with van der Waals surface area (Å²) in [6.45, 7) is 0.276. The van der Waals surface area contributed by atoms with Crippen LogP contribution in [0.2, 0.25) is 0 Å². The van der Waals surface area contributed by atoms with E-state index >= 15 is 0 Å². The van der Waals surface area contributed by atoms with Gasteiger partial charge in [-0.05, 0) is 12.8 Å². The van der Waals surface area contributed by atoms with Gasteiger partial charge in [0.05, 0.1) is 0 Å². The first-order valence-electron chi connectivity index (χ1n) is 4.84. The van der Waals surface area contributed by atoms with E-state index in [-0.39, 0.29) is 37.6 Å². The van der Waals surface area contributed by atoms with Crippen LogP contribution in [0.1, 0.15) is 25.7 Å². The molecule has 0 radical (unpaired) electrons. The molecule has 2 amide bonds. The predicted octanol–water partition coefficient (Wildman–Crippen LogP) is -0.672. The fourth-order valence-corrected chi connectivity index (χ4v) is 1.47. The highest BCUT2D eigenvalue weighted by atomic mass is 16.4. The second-order valence-electron chi connectivity index (χ2n) is 3.53. The molecule has 1 rings (SSSR count). The summed E-state index contributed by atoms with van der Waals surface area (Å²) in [4.78, 5) is 33.9. The van der Waals surface area contributed by atoms with Crippen molar-refractivity contribution in [3.8, 4) is 0 Å². The van der Waals surface area contributed by atoms with Gasteiger partial charge in [-0.3, -0.25) is 19.3 Å². The predicted molar refractivity (Wildman–Crippen MR) is 50.8 cm³/mol. The molecule has 15 heavy (non-hydrogen) atoms. The Labute approximate surface area is 87.0 Å². The molecular formula is C9H14N2O4. The van der Waals surface area contributed by atoms with Gasteiger partial charge in [0.25, 0.3) is 0 Å². The Balaban J connectivity index is 2.28. The fourth-order valence-electron chi connectivity index (χ4n) is 1.47. The van der Waals surface area contributed by atoms with Crippen LogP contribution in [0.3, 0.4) is 0 Å². The third-order valence-electron chi connectivity index (χ3n) is 2.37. The van der Waals surface area contributed by atoms with E-state index in [1.165, 1.54) is 4.90 Å². The molecule has 1 unspecified atom stereocenters. The molecule has 0 spiro atoms. The Morgan fingerprint density at radius 1 is 1.40 bits per heavy atom. The third-order valence-corrected chi connectivity index (χ3v) is 2.37. The normalized spacial score (nSPS) is 18.3. The maximum Gasteiger partial charge on any atom is 0.320 e. The molecule has 84 valence electrons. The largest absolute Gasteiger partial charge is 0.480 e. The number of likely N-dealkylation sites (tertiary alicyclic amines) is 1. The van der Waals surface area contributed by atoms with E-state index in [0.717, 1.165) is 0 Å². The molecular weight excluding hydrogens is 200 g/mol. The van der Waals surface area contributed by atoms with Gasteiger partial charge in [0.15, 0.2) is 0 Å². The molecule has 0 aliphatic carbocycles. The molecule has 1 saturated heterocycles. The fraction of sp³-hybridized carbons (Fsp3) is 0.667. The van der Waals surface area contributed by atoms with E-state index in [0.29, 0.717) is 6.42 Å². The van der Waals surface area contributed by atoms with Gasteiger partial charge in [-0.25, -0.2) is 0 Å². The summed E-state index contributed by atoms with van der Waals surface area (Å²) in [5.74, 6) is -1.41. The van der Waals surface area contributed by atoms with Crippen molar-refractivity contribution in [2.45, 2.75) is 31.7 Å². The van der Waals surface area contributed by atoms with Gasteiger partial charge < -0.3 is 10.8 Å². The van der Waals surface area contributed by atoms with Gasteiger partial charge in [0.1, 0.15) is 6.04 Å². The van der Waals surface area contributed by atoms with Crippen molar-refractivity contribution in [1.82, 2.24) is 4.90 Å². The zero-order valence-corrected chi connectivity index (χ0v) is 8.31. The lowest BCUT2D eigenvalue weighted by Gasteiger charge is -2.14. The number of carbonyl (C=O) groups excluding carboxylic acids is 2. The standard InChI is InChI=1S/C9H14N2O4/c10-6(9(14)15)2-1-5-11-7(12)3-4-8(11)13/h6H,1-5,10H2,(H,14,15). The summed E-state index contributed by atoms with van der Waals surface area (Å²) in [5, 5.41) is 8.51. The lowest BCUT2D eigenvalue weighted by atomic mass is 10.1. The molecule has 0 aromatic carbocycles. The Morgan fingerprint density at radius 3 is 2.40 bits per heavy atom. The molecule has 1 aliphatic heterocycles.